The van der Waals surface area contributed by atoms with Gasteiger partial charge in [0.15, 0.2) is 0 Å². The Morgan fingerprint density at radius 3 is 2.53 bits per heavy atom. The Bertz CT molecular complexity index is 365. The first-order valence-corrected chi connectivity index (χ1v) is 5.30. The molecule has 1 rings (SSSR count). The molecular formula is C13H17NO. The fraction of sp³-hybridized carbons (Fsp3) is 0.462. The molecule has 0 radical (unpaired) electrons. The van der Waals surface area contributed by atoms with Crippen LogP contribution in [0, 0.1) is 5.92 Å². The van der Waals surface area contributed by atoms with E-state index in [1.807, 2.05) is 25.1 Å². The highest BCUT2D eigenvalue weighted by molar-refractivity contribution is 5.37. The summed E-state index contributed by atoms with van der Waals surface area (Å²) >= 11 is 0. The highest BCUT2D eigenvalue weighted by atomic mass is 16.1. The predicted octanol–water partition coefficient (Wildman–Crippen LogP) is 3.28. The maximum Gasteiger partial charge on any atom is 0.235 e. The summed E-state index contributed by atoms with van der Waals surface area (Å²) in [6.07, 6.45) is 2.64. The number of isocyanates is 1. The van der Waals surface area contributed by atoms with Gasteiger partial charge in [-0.05, 0) is 30.4 Å². The molecule has 0 aromatic heterocycles. The van der Waals surface area contributed by atoms with E-state index < -0.39 is 0 Å². The van der Waals surface area contributed by atoms with Crippen LogP contribution in [0.1, 0.15) is 37.9 Å². The standard InChI is InChI=1S/C13H17NO/c1-10(2)8-12-6-4-5-7-13(12)11(3)14-9-15/h4-7,10-11H,8H2,1-3H3. The molecular weight excluding hydrogens is 186 g/mol. The van der Waals surface area contributed by atoms with E-state index in [9.17, 15) is 4.79 Å². The molecule has 1 atom stereocenters. The molecule has 0 bridgehead atoms. The van der Waals surface area contributed by atoms with Gasteiger partial charge < -0.3 is 0 Å². The Labute approximate surface area is 91.0 Å². The third-order valence-corrected chi connectivity index (χ3v) is 2.38. The van der Waals surface area contributed by atoms with Crippen molar-refractivity contribution in [2.45, 2.75) is 33.2 Å². The minimum absolute atomic E-state index is 0.0857. The van der Waals surface area contributed by atoms with E-state index in [1.165, 1.54) is 5.56 Å². The molecule has 1 aromatic rings. The zero-order valence-electron chi connectivity index (χ0n) is 9.53. The second-order valence-corrected chi connectivity index (χ2v) is 4.19. The summed E-state index contributed by atoms with van der Waals surface area (Å²) in [4.78, 5) is 14.0. The Balaban J connectivity index is 3.00. The normalized spacial score (nSPS) is 12.3. The third-order valence-electron chi connectivity index (χ3n) is 2.38. The van der Waals surface area contributed by atoms with Crippen LogP contribution < -0.4 is 0 Å². The molecule has 0 aliphatic carbocycles. The van der Waals surface area contributed by atoms with Gasteiger partial charge in [0.2, 0.25) is 6.08 Å². The van der Waals surface area contributed by atoms with E-state index in [2.05, 4.69) is 24.9 Å². The first kappa shape index (κ1) is 11.7. The number of hydrogen-bond donors (Lipinski definition) is 0. The Morgan fingerprint density at radius 1 is 1.27 bits per heavy atom. The van der Waals surface area contributed by atoms with E-state index in [1.54, 1.807) is 6.08 Å². The van der Waals surface area contributed by atoms with Gasteiger partial charge >= 0.3 is 0 Å². The molecule has 0 heterocycles. The third kappa shape index (κ3) is 3.34. The average molecular weight is 203 g/mol. The Kier molecular flexibility index (Phi) is 4.26. The lowest BCUT2D eigenvalue weighted by Crippen LogP contribution is -2.01. The van der Waals surface area contributed by atoms with Crippen LogP contribution in [0.3, 0.4) is 0 Å². The predicted molar refractivity (Wildman–Crippen MR) is 61.5 cm³/mol. The summed E-state index contributed by atoms with van der Waals surface area (Å²) in [6.45, 7) is 6.29. The van der Waals surface area contributed by atoms with E-state index in [4.69, 9.17) is 0 Å². The second kappa shape index (κ2) is 5.47. The minimum Gasteiger partial charge on any atom is -0.211 e. The maximum absolute atomic E-state index is 10.2. The summed E-state index contributed by atoms with van der Waals surface area (Å²) in [6, 6.07) is 8.06. The highest BCUT2D eigenvalue weighted by Gasteiger charge is 2.09. The van der Waals surface area contributed by atoms with E-state index in [0.717, 1.165) is 12.0 Å². The number of rotatable bonds is 4. The van der Waals surface area contributed by atoms with Gasteiger partial charge in [0.05, 0.1) is 6.04 Å². The van der Waals surface area contributed by atoms with Crippen molar-refractivity contribution >= 4 is 6.08 Å². The summed E-state index contributed by atoms with van der Waals surface area (Å²) in [7, 11) is 0. The van der Waals surface area contributed by atoms with Crippen LogP contribution in [0.25, 0.3) is 0 Å². The minimum atomic E-state index is -0.0857. The fourth-order valence-electron chi connectivity index (χ4n) is 1.72. The molecule has 0 amide bonds. The maximum atomic E-state index is 10.2. The van der Waals surface area contributed by atoms with Crippen LogP contribution in [0.4, 0.5) is 0 Å². The average Bonchev–Trinajstić information content (AvgIpc) is 2.18. The first-order chi connectivity index (χ1) is 7.15. The number of nitrogens with zero attached hydrogens (tertiary/aromatic N) is 1. The van der Waals surface area contributed by atoms with Crippen molar-refractivity contribution in [3.8, 4) is 0 Å². The molecule has 0 aliphatic heterocycles. The van der Waals surface area contributed by atoms with Crippen LogP contribution in [-0.2, 0) is 11.2 Å². The summed E-state index contributed by atoms with van der Waals surface area (Å²) in [5.41, 5.74) is 2.41. The van der Waals surface area contributed by atoms with E-state index >= 15 is 0 Å². The van der Waals surface area contributed by atoms with Crippen molar-refractivity contribution in [1.29, 1.82) is 0 Å². The number of carbonyl (C=O) groups excluding carboxylic acids is 1. The molecule has 0 saturated carbocycles. The van der Waals surface area contributed by atoms with Crippen molar-refractivity contribution < 1.29 is 4.79 Å². The largest absolute Gasteiger partial charge is 0.235 e. The van der Waals surface area contributed by atoms with Gasteiger partial charge in [0, 0.05) is 0 Å². The van der Waals surface area contributed by atoms with Gasteiger partial charge in [-0.25, -0.2) is 4.79 Å². The molecule has 15 heavy (non-hydrogen) atoms. The van der Waals surface area contributed by atoms with Gasteiger partial charge in [-0.2, -0.15) is 4.99 Å². The zero-order valence-corrected chi connectivity index (χ0v) is 9.53. The summed E-state index contributed by atoms with van der Waals surface area (Å²) in [5.74, 6) is 0.610. The molecule has 0 N–H and O–H groups in total. The van der Waals surface area contributed by atoms with Crippen molar-refractivity contribution in [3.63, 3.8) is 0 Å². The number of hydrogen-bond acceptors (Lipinski definition) is 2. The molecule has 0 fully saturated rings. The van der Waals surface area contributed by atoms with Gasteiger partial charge in [0.25, 0.3) is 0 Å². The molecule has 0 spiro atoms. The molecule has 80 valence electrons. The van der Waals surface area contributed by atoms with Gasteiger partial charge in [-0.3, -0.25) is 0 Å². The summed E-state index contributed by atoms with van der Waals surface area (Å²) in [5, 5.41) is 0. The number of benzene rings is 1. The smallest absolute Gasteiger partial charge is 0.211 e. The summed E-state index contributed by atoms with van der Waals surface area (Å²) < 4.78 is 0. The molecule has 0 aliphatic rings. The van der Waals surface area contributed by atoms with Crippen LogP contribution >= 0.6 is 0 Å². The lowest BCUT2D eigenvalue weighted by Gasteiger charge is -2.13. The molecule has 2 heteroatoms. The second-order valence-electron chi connectivity index (χ2n) is 4.19. The zero-order chi connectivity index (χ0) is 11.3. The van der Waals surface area contributed by atoms with Gasteiger partial charge in [-0.1, -0.05) is 38.1 Å². The molecule has 0 saturated heterocycles. The fourth-order valence-corrected chi connectivity index (χ4v) is 1.72. The monoisotopic (exact) mass is 203 g/mol. The van der Waals surface area contributed by atoms with Crippen molar-refractivity contribution in [2.75, 3.05) is 0 Å². The van der Waals surface area contributed by atoms with E-state index in [-0.39, 0.29) is 6.04 Å². The first-order valence-electron chi connectivity index (χ1n) is 5.30. The Morgan fingerprint density at radius 2 is 1.93 bits per heavy atom. The van der Waals surface area contributed by atoms with Gasteiger partial charge in [-0.15, -0.1) is 0 Å². The molecule has 1 aromatic carbocycles. The van der Waals surface area contributed by atoms with E-state index in [0.29, 0.717) is 5.92 Å². The Hall–Kier alpha value is -1.40. The lowest BCUT2D eigenvalue weighted by atomic mass is 9.95. The van der Waals surface area contributed by atoms with Crippen LogP contribution in [0.5, 0.6) is 0 Å². The van der Waals surface area contributed by atoms with Crippen LogP contribution in [-0.4, -0.2) is 6.08 Å². The topological polar surface area (TPSA) is 29.4 Å². The molecule has 1 unspecified atom stereocenters. The van der Waals surface area contributed by atoms with Gasteiger partial charge in [0.1, 0.15) is 0 Å². The van der Waals surface area contributed by atoms with Crippen molar-refractivity contribution in [1.82, 2.24) is 0 Å². The highest BCUT2D eigenvalue weighted by Crippen LogP contribution is 2.22. The van der Waals surface area contributed by atoms with Crippen molar-refractivity contribution in [2.24, 2.45) is 10.9 Å². The SMILES string of the molecule is CC(C)Cc1ccccc1C(C)N=C=O. The van der Waals surface area contributed by atoms with Crippen LogP contribution in [0.15, 0.2) is 29.3 Å². The lowest BCUT2D eigenvalue weighted by molar-refractivity contribution is 0.559. The van der Waals surface area contributed by atoms with Crippen LogP contribution in [0.2, 0.25) is 0 Å². The molecule has 2 nitrogen and oxygen atoms in total. The quantitative estimate of drug-likeness (QED) is 0.545. The van der Waals surface area contributed by atoms with Crippen molar-refractivity contribution in [3.05, 3.63) is 35.4 Å². The number of aliphatic imine (C=N–C) groups is 1.